The van der Waals surface area contributed by atoms with Crippen molar-refractivity contribution in [2.24, 2.45) is 0 Å². The zero-order chi connectivity index (χ0) is 21.8. The van der Waals surface area contributed by atoms with Crippen molar-refractivity contribution in [1.29, 1.82) is 0 Å². The molecule has 1 N–H and O–H groups in total. The molecule has 0 atom stereocenters. The highest BCUT2D eigenvalue weighted by Crippen LogP contribution is 2.27. The van der Waals surface area contributed by atoms with E-state index in [0.29, 0.717) is 18.8 Å². The Hall–Kier alpha value is -3.42. The van der Waals surface area contributed by atoms with Crippen LogP contribution in [0.1, 0.15) is 34.3 Å². The predicted octanol–water partition coefficient (Wildman–Crippen LogP) is 3.52. The molecule has 0 unspecified atom stereocenters. The van der Waals surface area contributed by atoms with Crippen LogP contribution in [0.5, 0.6) is 0 Å². The molecule has 8 heteroatoms. The molecule has 2 aromatic rings. The van der Waals surface area contributed by atoms with Crippen LogP contribution in [0.2, 0.25) is 0 Å². The van der Waals surface area contributed by atoms with Gasteiger partial charge in [0.2, 0.25) is 5.91 Å². The number of rotatable bonds is 6. The van der Waals surface area contributed by atoms with Gasteiger partial charge in [0.05, 0.1) is 11.5 Å². The molecule has 0 spiro atoms. The summed E-state index contributed by atoms with van der Waals surface area (Å²) in [5.41, 5.74) is 3.13. The van der Waals surface area contributed by atoms with Gasteiger partial charge in [-0.05, 0) is 49.9 Å². The Balaban J connectivity index is 1.79. The van der Waals surface area contributed by atoms with Crippen molar-refractivity contribution >= 4 is 28.9 Å². The molecular weight excluding hydrogens is 384 g/mol. The summed E-state index contributed by atoms with van der Waals surface area (Å²) in [6.07, 6.45) is 1.80. The fourth-order valence-corrected chi connectivity index (χ4v) is 3.68. The second-order valence-electron chi connectivity index (χ2n) is 7.63. The standard InChI is InChI=1S/C22H26N4O4/c1-15-7-6-8-16(2)21(15)23-20(27)14-24(3)17-9-10-19(26(29)30)18(13-17)22(28)25-11-4-5-12-25/h6-10,13H,4-5,11-12,14H2,1-3H3,(H,23,27). The minimum atomic E-state index is -0.541. The molecule has 2 aromatic carbocycles. The first-order valence-corrected chi connectivity index (χ1v) is 9.93. The third kappa shape index (κ3) is 4.59. The highest BCUT2D eigenvalue weighted by atomic mass is 16.6. The number of para-hydroxylation sites is 1. The molecule has 0 aliphatic carbocycles. The first-order valence-electron chi connectivity index (χ1n) is 9.93. The van der Waals surface area contributed by atoms with Crippen molar-refractivity contribution < 1.29 is 14.5 Å². The number of benzene rings is 2. The first-order chi connectivity index (χ1) is 14.3. The van der Waals surface area contributed by atoms with Crippen LogP contribution in [0.4, 0.5) is 17.1 Å². The van der Waals surface area contributed by atoms with Crippen molar-refractivity contribution in [3.8, 4) is 0 Å². The number of aryl methyl sites for hydroxylation is 2. The largest absolute Gasteiger partial charge is 0.365 e. The third-order valence-electron chi connectivity index (χ3n) is 5.37. The van der Waals surface area contributed by atoms with E-state index in [2.05, 4.69) is 5.32 Å². The number of likely N-dealkylation sites (tertiary alicyclic amines) is 1. The Labute approximate surface area is 175 Å². The number of nitrogens with zero attached hydrogens (tertiary/aromatic N) is 3. The summed E-state index contributed by atoms with van der Waals surface area (Å²) < 4.78 is 0. The molecule has 158 valence electrons. The molecule has 30 heavy (non-hydrogen) atoms. The van der Waals surface area contributed by atoms with Crippen molar-refractivity contribution in [2.45, 2.75) is 26.7 Å². The molecule has 0 bridgehead atoms. The lowest BCUT2D eigenvalue weighted by molar-refractivity contribution is -0.385. The summed E-state index contributed by atoms with van der Waals surface area (Å²) in [6.45, 7) is 5.11. The highest BCUT2D eigenvalue weighted by Gasteiger charge is 2.27. The van der Waals surface area contributed by atoms with E-state index in [1.165, 1.54) is 12.1 Å². The van der Waals surface area contributed by atoms with Crippen molar-refractivity contribution in [3.05, 3.63) is 63.2 Å². The topological polar surface area (TPSA) is 95.8 Å². The maximum absolute atomic E-state index is 12.8. The van der Waals surface area contributed by atoms with Gasteiger partial charge in [0.1, 0.15) is 5.56 Å². The number of carbonyl (C=O) groups is 2. The number of anilines is 2. The van der Waals surface area contributed by atoms with Crippen LogP contribution in [0.25, 0.3) is 0 Å². The average Bonchev–Trinajstić information content (AvgIpc) is 3.24. The number of amides is 2. The summed E-state index contributed by atoms with van der Waals surface area (Å²) in [4.78, 5) is 39.6. The Morgan fingerprint density at radius 2 is 1.77 bits per heavy atom. The van der Waals surface area contributed by atoms with Crippen LogP contribution in [0.15, 0.2) is 36.4 Å². The Morgan fingerprint density at radius 3 is 2.37 bits per heavy atom. The zero-order valence-corrected chi connectivity index (χ0v) is 17.5. The van der Waals surface area contributed by atoms with E-state index in [-0.39, 0.29) is 29.6 Å². The van der Waals surface area contributed by atoms with Gasteiger partial charge in [-0.2, -0.15) is 0 Å². The smallest absolute Gasteiger partial charge is 0.282 e. The lowest BCUT2D eigenvalue weighted by Gasteiger charge is -2.21. The van der Waals surface area contributed by atoms with E-state index in [1.807, 2.05) is 32.0 Å². The van der Waals surface area contributed by atoms with Gasteiger partial charge in [0.25, 0.3) is 11.6 Å². The normalized spacial score (nSPS) is 13.2. The highest BCUT2D eigenvalue weighted by molar-refractivity contribution is 6.00. The molecule has 1 fully saturated rings. The van der Waals surface area contributed by atoms with E-state index in [0.717, 1.165) is 29.7 Å². The molecule has 1 saturated heterocycles. The van der Waals surface area contributed by atoms with Crippen molar-refractivity contribution in [1.82, 2.24) is 4.90 Å². The number of nitro groups is 1. The van der Waals surface area contributed by atoms with Gasteiger partial charge in [0.15, 0.2) is 0 Å². The first kappa shape index (κ1) is 21.3. The Kier molecular flexibility index (Phi) is 6.34. The molecule has 0 saturated carbocycles. The van der Waals surface area contributed by atoms with E-state index in [4.69, 9.17) is 0 Å². The minimum absolute atomic E-state index is 0.0446. The second-order valence-corrected chi connectivity index (χ2v) is 7.63. The maximum Gasteiger partial charge on any atom is 0.282 e. The predicted molar refractivity (Wildman–Crippen MR) is 116 cm³/mol. The van der Waals surface area contributed by atoms with Crippen LogP contribution in [-0.4, -0.2) is 48.3 Å². The van der Waals surface area contributed by atoms with Crippen LogP contribution in [0.3, 0.4) is 0 Å². The van der Waals surface area contributed by atoms with Crippen LogP contribution < -0.4 is 10.2 Å². The molecular formula is C22H26N4O4. The number of nitrogens with one attached hydrogen (secondary N) is 1. The summed E-state index contributed by atoms with van der Waals surface area (Å²) in [5.74, 6) is -0.546. The lowest BCUT2D eigenvalue weighted by Crippen LogP contribution is -2.31. The van der Waals surface area contributed by atoms with Crippen LogP contribution >= 0.6 is 0 Å². The van der Waals surface area contributed by atoms with Gasteiger partial charge >= 0.3 is 0 Å². The SMILES string of the molecule is Cc1cccc(C)c1NC(=O)CN(C)c1ccc([N+](=O)[O-])c(C(=O)N2CCCC2)c1. The van der Waals surface area contributed by atoms with E-state index < -0.39 is 4.92 Å². The van der Waals surface area contributed by atoms with E-state index >= 15 is 0 Å². The number of carbonyl (C=O) groups excluding carboxylic acids is 2. The molecule has 0 radical (unpaired) electrons. The molecule has 1 heterocycles. The number of hydrogen-bond acceptors (Lipinski definition) is 5. The summed E-state index contributed by atoms with van der Waals surface area (Å²) in [7, 11) is 1.72. The van der Waals surface area contributed by atoms with Crippen molar-refractivity contribution in [2.75, 3.05) is 36.9 Å². The average molecular weight is 410 g/mol. The van der Waals surface area contributed by atoms with Crippen LogP contribution in [-0.2, 0) is 4.79 Å². The van der Waals surface area contributed by atoms with Crippen LogP contribution in [0, 0.1) is 24.0 Å². The number of nitro benzene ring substituents is 1. The molecule has 0 aromatic heterocycles. The van der Waals surface area contributed by atoms with Gasteiger partial charge in [0, 0.05) is 37.6 Å². The molecule has 1 aliphatic rings. The number of hydrogen-bond donors (Lipinski definition) is 1. The van der Waals surface area contributed by atoms with E-state index in [1.54, 1.807) is 22.9 Å². The van der Waals surface area contributed by atoms with E-state index in [9.17, 15) is 19.7 Å². The summed E-state index contributed by atoms with van der Waals surface area (Å²) in [6, 6.07) is 10.2. The Bertz CT molecular complexity index is 963. The maximum atomic E-state index is 12.8. The third-order valence-corrected chi connectivity index (χ3v) is 5.37. The molecule has 3 rings (SSSR count). The Morgan fingerprint density at radius 1 is 1.13 bits per heavy atom. The molecule has 2 amide bonds. The monoisotopic (exact) mass is 410 g/mol. The summed E-state index contributed by atoms with van der Waals surface area (Å²) in [5, 5.41) is 14.4. The van der Waals surface area contributed by atoms with Gasteiger partial charge in [-0.3, -0.25) is 19.7 Å². The van der Waals surface area contributed by atoms with Gasteiger partial charge in [-0.15, -0.1) is 0 Å². The quantitative estimate of drug-likeness (QED) is 0.581. The van der Waals surface area contributed by atoms with Crippen molar-refractivity contribution in [3.63, 3.8) is 0 Å². The second kappa shape index (κ2) is 8.94. The van der Waals surface area contributed by atoms with Gasteiger partial charge in [-0.25, -0.2) is 0 Å². The summed E-state index contributed by atoms with van der Waals surface area (Å²) >= 11 is 0. The van der Waals surface area contributed by atoms with Gasteiger partial charge < -0.3 is 15.1 Å². The zero-order valence-electron chi connectivity index (χ0n) is 17.5. The van der Waals surface area contributed by atoms with Gasteiger partial charge in [-0.1, -0.05) is 18.2 Å². The fourth-order valence-electron chi connectivity index (χ4n) is 3.68. The molecule has 1 aliphatic heterocycles. The lowest BCUT2D eigenvalue weighted by atomic mass is 10.1. The minimum Gasteiger partial charge on any atom is -0.365 e. The molecule has 8 nitrogen and oxygen atoms in total. The number of likely N-dealkylation sites (N-methyl/N-ethyl adjacent to an activating group) is 1. The fraction of sp³-hybridized carbons (Fsp3) is 0.364.